The predicted octanol–water partition coefficient (Wildman–Crippen LogP) is 9.67. The molecule has 0 aliphatic carbocycles. The lowest BCUT2D eigenvalue weighted by Crippen LogP contribution is -1.97. The first-order valence-corrected chi connectivity index (χ1v) is 15.2. The summed E-state index contributed by atoms with van der Waals surface area (Å²) in [6.07, 6.45) is 17.6. The van der Waals surface area contributed by atoms with Gasteiger partial charge < -0.3 is 0 Å². The maximum atomic E-state index is 9.92. The van der Waals surface area contributed by atoms with E-state index in [1.807, 2.05) is 23.5 Å². The van der Waals surface area contributed by atoms with Gasteiger partial charge in [-0.1, -0.05) is 53.4 Å². The molecule has 0 aliphatic heterocycles. The summed E-state index contributed by atoms with van der Waals surface area (Å²) in [5.41, 5.74) is 5.60. The summed E-state index contributed by atoms with van der Waals surface area (Å²) >= 11 is 3.42. The van der Waals surface area contributed by atoms with Crippen LogP contribution in [-0.2, 0) is 25.7 Å². The highest BCUT2D eigenvalue weighted by Gasteiger charge is 2.22. The Bertz CT molecular complexity index is 1160. The van der Waals surface area contributed by atoms with Gasteiger partial charge in [0, 0.05) is 9.75 Å². The molecule has 5 heteroatoms. The van der Waals surface area contributed by atoms with Crippen molar-refractivity contribution in [2.45, 2.75) is 105 Å². The van der Waals surface area contributed by atoms with Crippen LogP contribution in [0.1, 0.15) is 116 Å². The minimum absolute atomic E-state index is 0.0882. The second-order valence-electron chi connectivity index (χ2n) is 9.19. The fourth-order valence-electron chi connectivity index (χ4n) is 4.40. The molecule has 0 radical (unpaired) electrons. The highest BCUT2D eigenvalue weighted by Crippen LogP contribution is 2.39. The van der Waals surface area contributed by atoms with Crippen molar-refractivity contribution < 1.29 is 0 Å². The third-order valence-corrected chi connectivity index (χ3v) is 8.80. The third-order valence-electron chi connectivity index (χ3n) is 6.50. The van der Waals surface area contributed by atoms with Crippen LogP contribution in [0.25, 0.3) is 17.7 Å². The van der Waals surface area contributed by atoms with E-state index in [1.165, 1.54) is 47.3 Å². The molecule has 0 aliphatic rings. The van der Waals surface area contributed by atoms with Crippen LogP contribution in [-0.4, -0.2) is 0 Å². The summed E-state index contributed by atoms with van der Waals surface area (Å²) < 4.78 is 0. The number of aryl methyl sites for hydroxylation is 1. The Balaban J connectivity index is 2.64. The molecule has 0 atom stereocenters. The largest absolute Gasteiger partial charge is 0.192 e. The Labute approximate surface area is 226 Å². The summed E-state index contributed by atoms with van der Waals surface area (Å²) in [6.45, 7) is 8.85. The Morgan fingerprint density at radius 3 is 1.78 bits per heavy atom. The van der Waals surface area contributed by atoms with Crippen molar-refractivity contribution in [3.8, 4) is 18.2 Å². The van der Waals surface area contributed by atoms with E-state index in [4.69, 9.17) is 0 Å². The van der Waals surface area contributed by atoms with Crippen molar-refractivity contribution in [1.82, 2.24) is 0 Å². The summed E-state index contributed by atoms with van der Waals surface area (Å²) in [5, 5.41) is 31.3. The van der Waals surface area contributed by atoms with Gasteiger partial charge in [-0.25, -0.2) is 0 Å². The fourth-order valence-corrected chi connectivity index (χ4v) is 6.75. The maximum Gasteiger partial charge on any atom is 0.148 e. The van der Waals surface area contributed by atoms with E-state index in [0.717, 1.165) is 66.7 Å². The van der Waals surface area contributed by atoms with E-state index < -0.39 is 0 Å². The van der Waals surface area contributed by atoms with Crippen molar-refractivity contribution >= 4 is 40.4 Å². The minimum atomic E-state index is -0.0882. The van der Waals surface area contributed by atoms with Gasteiger partial charge in [0.2, 0.25) is 0 Å². The van der Waals surface area contributed by atoms with Crippen LogP contribution in [0.4, 0.5) is 0 Å². The van der Waals surface area contributed by atoms with Crippen LogP contribution in [0.15, 0.2) is 11.0 Å². The van der Waals surface area contributed by atoms with Crippen molar-refractivity contribution in [3.05, 3.63) is 47.8 Å². The molecule has 0 spiro atoms. The van der Waals surface area contributed by atoms with E-state index in [0.29, 0.717) is 0 Å². The van der Waals surface area contributed by atoms with Gasteiger partial charge in [0.25, 0.3) is 0 Å². The summed E-state index contributed by atoms with van der Waals surface area (Å²) in [6, 6.07) is 6.08. The summed E-state index contributed by atoms with van der Waals surface area (Å²) in [4.78, 5) is 3.32. The van der Waals surface area contributed by atoms with Gasteiger partial charge in [-0.3, -0.25) is 0 Å². The molecule has 0 saturated carbocycles. The fraction of sp³-hybridized carbons (Fsp3) is 0.516. The van der Waals surface area contributed by atoms with E-state index in [-0.39, 0.29) is 11.1 Å². The molecule has 2 aromatic heterocycles. The van der Waals surface area contributed by atoms with Crippen molar-refractivity contribution in [2.75, 3.05) is 0 Å². The van der Waals surface area contributed by atoms with Gasteiger partial charge >= 0.3 is 0 Å². The van der Waals surface area contributed by atoms with Crippen LogP contribution in [0.2, 0.25) is 0 Å². The number of hydrogen-bond acceptors (Lipinski definition) is 5. The number of thiophene rings is 2. The van der Waals surface area contributed by atoms with E-state index in [2.05, 4.69) is 51.3 Å². The van der Waals surface area contributed by atoms with Gasteiger partial charge in [-0.15, -0.1) is 22.7 Å². The van der Waals surface area contributed by atoms with Crippen LogP contribution < -0.4 is 0 Å². The molecule has 3 nitrogen and oxygen atoms in total. The topological polar surface area (TPSA) is 71.4 Å². The van der Waals surface area contributed by atoms with Crippen molar-refractivity contribution in [2.24, 2.45) is 0 Å². The lowest BCUT2D eigenvalue weighted by Gasteiger charge is -2.08. The Kier molecular flexibility index (Phi) is 13.3. The quantitative estimate of drug-likeness (QED) is 0.221. The highest BCUT2D eigenvalue weighted by molar-refractivity contribution is 7.14. The third kappa shape index (κ3) is 7.67. The van der Waals surface area contributed by atoms with Crippen molar-refractivity contribution in [3.63, 3.8) is 0 Å². The van der Waals surface area contributed by atoms with E-state index >= 15 is 0 Å². The maximum absolute atomic E-state index is 9.92. The average Bonchev–Trinajstić information content (AvgIpc) is 3.45. The highest BCUT2D eigenvalue weighted by atomic mass is 32.1. The SMILES string of the molecule is CCCCc1csc(/C=C/c2sc(C(C#N)=C(C#N)C#N)c(CCCC)c2CCCC)c1CCCC. The summed E-state index contributed by atoms with van der Waals surface area (Å²) in [7, 11) is 0. The zero-order chi connectivity index (χ0) is 26.3. The number of nitriles is 3. The Morgan fingerprint density at radius 1 is 0.694 bits per heavy atom. The smallest absolute Gasteiger partial charge is 0.148 e. The van der Waals surface area contributed by atoms with Gasteiger partial charge in [0.05, 0.1) is 10.5 Å². The van der Waals surface area contributed by atoms with Crippen LogP contribution >= 0.6 is 22.7 Å². The predicted molar refractivity (Wildman–Crippen MR) is 156 cm³/mol. The normalized spacial score (nSPS) is 10.8. The molecule has 0 amide bonds. The molecule has 2 heterocycles. The van der Waals surface area contributed by atoms with Gasteiger partial charge in [0.1, 0.15) is 23.8 Å². The van der Waals surface area contributed by atoms with Crippen LogP contribution in [0, 0.1) is 34.0 Å². The number of unbranched alkanes of at least 4 members (excludes halogenated alkanes) is 4. The average molecular weight is 518 g/mol. The molecular formula is C31H39N3S2. The second kappa shape index (κ2) is 16.2. The molecule has 0 fully saturated rings. The minimum Gasteiger partial charge on any atom is -0.192 e. The van der Waals surface area contributed by atoms with E-state index in [9.17, 15) is 15.8 Å². The molecule has 0 unspecified atom stereocenters. The second-order valence-corrected chi connectivity index (χ2v) is 11.2. The first kappa shape index (κ1) is 29.6. The summed E-state index contributed by atoms with van der Waals surface area (Å²) in [5.74, 6) is 0. The number of hydrogen-bond donors (Lipinski definition) is 0. The lowest BCUT2D eigenvalue weighted by molar-refractivity contribution is 0.760. The Morgan fingerprint density at radius 2 is 1.22 bits per heavy atom. The molecule has 0 saturated heterocycles. The molecular weight excluding hydrogens is 478 g/mol. The standard InChI is InChI=1S/C31H39N3S2/c1-5-9-13-23-22-35-29(25(23)14-10-6-2)17-18-30-26(15-11-7-3)27(16-12-8-4)31(36-30)28(21-34)24(19-32)20-33/h17-18,22H,5-16H2,1-4H3/b18-17+. The monoisotopic (exact) mass is 517 g/mol. The first-order chi connectivity index (χ1) is 17.6. The molecule has 190 valence electrons. The first-order valence-electron chi connectivity index (χ1n) is 13.5. The molecule has 2 rings (SSSR count). The van der Waals surface area contributed by atoms with Crippen LogP contribution in [0.5, 0.6) is 0 Å². The van der Waals surface area contributed by atoms with Gasteiger partial charge in [0.15, 0.2) is 0 Å². The number of allylic oxidation sites excluding steroid dienone is 2. The lowest BCUT2D eigenvalue weighted by atomic mass is 9.94. The molecule has 0 N–H and O–H groups in total. The molecule has 0 aromatic carbocycles. The number of rotatable bonds is 15. The van der Waals surface area contributed by atoms with E-state index in [1.54, 1.807) is 11.3 Å². The molecule has 2 aromatic rings. The number of nitrogens with zero attached hydrogens (tertiary/aromatic N) is 3. The zero-order valence-corrected chi connectivity index (χ0v) is 24.0. The van der Waals surface area contributed by atoms with Crippen LogP contribution in [0.3, 0.4) is 0 Å². The van der Waals surface area contributed by atoms with Gasteiger partial charge in [-0.05, 0) is 91.2 Å². The zero-order valence-electron chi connectivity index (χ0n) is 22.4. The molecule has 36 heavy (non-hydrogen) atoms. The molecule has 0 bridgehead atoms. The van der Waals surface area contributed by atoms with Crippen molar-refractivity contribution in [1.29, 1.82) is 15.8 Å². The Hall–Kier alpha value is -2.65. The van der Waals surface area contributed by atoms with Gasteiger partial charge in [-0.2, -0.15) is 15.8 Å².